The molecule has 0 radical (unpaired) electrons. The number of phenolic OH excluding ortho intramolecular Hbond substituents is 4. The van der Waals surface area contributed by atoms with Gasteiger partial charge in [-0.1, -0.05) is 6.07 Å². The van der Waals surface area contributed by atoms with Gasteiger partial charge >= 0.3 is 5.97 Å². The molecule has 9 heteroatoms. The molecule has 0 aliphatic heterocycles. The fraction of sp³-hybridized carbons (Fsp3) is 0.0500. The number of allylic oxidation sites excluding steroid dienone is 2. The Hall–Kier alpha value is -4.27. The third kappa shape index (κ3) is 2.67. The van der Waals surface area contributed by atoms with Crippen LogP contribution in [0.15, 0.2) is 40.5 Å². The first-order valence-electron chi connectivity index (χ1n) is 8.22. The summed E-state index contributed by atoms with van der Waals surface area (Å²) in [7, 11) is 0. The van der Waals surface area contributed by atoms with Crippen molar-refractivity contribution in [3.8, 4) is 23.0 Å². The lowest BCUT2D eigenvalue weighted by Crippen LogP contribution is -2.23. The minimum Gasteiger partial charge on any atom is -0.504 e. The van der Waals surface area contributed by atoms with Crippen LogP contribution in [-0.4, -0.2) is 38.0 Å². The van der Waals surface area contributed by atoms with E-state index in [2.05, 4.69) is 0 Å². The normalized spacial score (nSPS) is 13.7. The van der Waals surface area contributed by atoms with E-state index in [1.165, 1.54) is 6.07 Å². The van der Waals surface area contributed by atoms with E-state index in [0.29, 0.717) is 0 Å². The van der Waals surface area contributed by atoms with Gasteiger partial charge in [-0.25, -0.2) is 0 Å². The molecule has 4 N–H and O–H groups in total. The summed E-state index contributed by atoms with van der Waals surface area (Å²) in [4.78, 5) is 37.8. The summed E-state index contributed by atoms with van der Waals surface area (Å²) in [6.45, 7) is 1.05. The topological polar surface area (TPSA) is 154 Å². The van der Waals surface area contributed by atoms with Crippen LogP contribution in [-0.2, 0) is 9.53 Å². The number of ether oxygens (including phenoxy) is 1. The van der Waals surface area contributed by atoms with E-state index in [0.717, 1.165) is 31.2 Å². The van der Waals surface area contributed by atoms with Gasteiger partial charge in [0.15, 0.2) is 34.5 Å². The Morgan fingerprint density at radius 2 is 1.55 bits per heavy atom. The van der Waals surface area contributed by atoms with Crippen molar-refractivity contribution in [2.24, 2.45) is 0 Å². The van der Waals surface area contributed by atoms with Crippen LogP contribution in [0.1, 0.15) is 33.4 Å². The number of phenols is 4. The van der Waals surface area contributed by atoms with Crippen LogP contribution in [0, 0.1) is 0 Å². The minimum atomic E-state index is -0.863. The molecule has 0 atom stereocenters. The summed E-state index contributed by atoms with van der Waals surface area (Å²) in [6.07, 6.45) is 0. The standard InChI is InChI=1S/C20H12O9/c1-7(21)28-19-15(8-2-3-10(22)11(23)4-8)17(26)20-16(18(19)27)9-5-12(24)13(25)6-14(9)29-20/h2-6,22-25H,1H3. The highest BCUT2D eigenvalue weighted by molar-refractivity contribution is 6.41. The van der Waals surface area contributed by atoms with E-state index in [1.54, 1.807) is 0 Å². The average Bonchev–Trinajstić information content (AvgIpc) is 3.01. The van der Waals surface area contributed by atoms with Gasteiger partial charge in [0.1, 0.15) is 5.58 Å². The Kier molecular flexibility index (Phi) is 3.83. The van der Waals surface area contributed by atoms with Crippen molar-refractivity contribution in [2.45, 2.75) is 6.92 Å². The Labute approximate surface area is 161 Å². The third-order valence-corrected chi connectivity index (χ3v) is 4.39. The summed E-state index contributed by atoms with van der Waals surface area (Å²) < 4.78 is 10.5. The van der Waals surface area contributed by atoms with Crippen molar-refractivity contribution in [1.82, 2.24) is 0 Å². The molecule has 146 valence electrons. The minimum absolute atomic E-state index is 0.00620. The molecule has 29 heavy (non-hydrogen) atoms. The number of hydrogen-bond donors (Lipinski definition) is 4. The van der Waals surface area contributed by atoms with Crippen molar-refractivity contribution in [2.75, 3.05) is 0 Å². The van der Waals surface area contributed by atoms with Gasteiger partial charge in [-0.3, -0.25) is 14.4 Å². The number of esters is 1. The second kappa shape index (κ2) is 6.13. The average molecular weight is 396 g/mol. The van der Waals surface area contributed by atoms with Gasteiger partial charge in [0, 0.05) is 18.4 Å². The second-order valence-corrected chi connectivity index (χ2v) is 6.30. The van der Waals surface area contributed by atoms with Crippen LogP contribution in [0.3, 0.4) is 0 Å². The molecule has 2 aromatic carbocycles. The quantitative estimate of drug-likeness (QED) is 0.378. The molecular weight excluding hydrogens is 384 g/mol. The zero-order valence-electron chi connectivity index (χ0n) is 14.7. The van der Waals surface area contributed by atoms with Crippen molar-refractivity contribution < 1.29 is 44.0 Å². The lowest BCUT2D eigenvalue weighted by atomic mass is 9.88. The largest absolute Gasteiger partial charge is 0.504 e. The molecule has 1 aromatic heterocycles. The number of furan rings is 1. The van der Waals surface area contributed by atoms with Gasteiger partial charge in [0.2, 0.25) is 11.6 Å². The van der Waals surface area contributed by atoms with Gasteiger partial charge in [-0.05, 0) is 23.8 Å². The number of benzene rings is 2. The zero-order valence-corrected chi connectivity index (χ0v) is 14.7. The SMILES string of the molecule is CC(=O)OC1=C(c2ccc(O)c(O)c2)C(=O)c2oc3cc(O)c(O)cc3c2C1=O. The monoisotopic (exact) mass is 396 g/mol. The summed E-state index contributed by atoms with van der Waals surface area (Å²) in [6, 6.07) is 5.49. The molecule has 0 unspecified atom stereocenters. The highest BCUT2D eigenvalue weighted by Gasteiger charge is 2.40. The summed E-state index contributed by atoms with van der Waals surface area (Å²) >= 11 is 0. The molecule has 1 heterocycles. The molecule has 0 amide bonds. The molecule has 1 aliphatic rings. The fourth-order valence-electron chi connectivity index (χ4n) is 3.13. The zero-order chi connectivity index (χ0) is 21.0. The van der Waals surface area contributed by atoms with E-state index < -0.39 is 46.3 Å². The number of fused-ring (bicyclic) bond motifs is 3. The van der Waals surface area contributed by atoms with Crippen LogP contribution in [0.25, 0.3) is 16.5 Å². The van der Waals surface area contributed by atoms with Gasteiger partial charge in [0.05, 0.1) is 11.1 Å². The molecule has 1 aliphatic carbocycles. The fourth-order valence-corrected chi connectivity index (χ4v) is 3.13. The number of Topliss-reactive ketones (excluding diaryl/α,β-unsaturated/α-hetero) is 2. The van der Waals surface area contributed by atoms with Crippen molar-refractivity contribution in [3.05, 3.63) is 53.0 Å². The maximum atomic E-state index is 13.1. The third-order valence-electron chi connectivity index (χ3n) is 4.39. The number of hydrogen-bond acceptors (Lipinski definition) is 9. The molecule has 4 rings (SSSR count). The summed E-state index contributed by atoms with van der Waals surface area (Å²) in [5, 5.41) is 38.7. The van der Waals surface area contributed by atoms with E-state index in [-0.39, 0.29) is 33.4 Å². The summed E-state index contributed by atoms with van der Waals surface area (Å²) in [5.41, 5.74) is -0.612. The van der Waals surface area contributed by atoms with E-state index in [9.17, 15) is 34.8 Å². The molecule has 0 bridgehead atoms. The highest BCUT2D eigenvalue weighted by Crippen LogP contribution is 2.42. The molecule has 0 saturated carbocycles. The van der Waals surface area contributed by atoms with Crippen molar-refractivity contribution in [3.63, 3.8) is 0 Å². The van der Waals surface area contributed by atoms with Crippen LogP contribution in [0.4, 0.5) is 0 Å². The van der Waals surface area contributed by atoms with Crippen molar-refractivity contribution >= 4 is 34.1 Å². The number of rotatable bonds is 2. The predicted molar refractivity (Wildman–Crippen MR) is 96.7 cm³/mol. The predicted octanol–water partition coefficient (Wildman–Crippen LogP) is 2.61. The first-order chi connectivity index (χ1) is 13.7. The highest BCUT2D eigenvalue weighted by atomic mass is 16.5. The van der Waals surface area contributed by atoms with Gasteiger partial charge in [0.25, 0.3) is 0 Å². The second-order valence-electron chi connectivity index (χ2n) is 6.30. The molecule has 9 nitrogen and oxygen atoms in total. The number of carbonyl (C=O) groups is 3. The van der Waals surface area contributed by atoms with E-state index >= 15 is 0 Å². The van der Waals surface area contributed by atoms with Crippen LogP contribution >= 0.6 is 0 Å². The maximum Gasteiger partial charge on any atom is 0.308 e. The van der Waals surface area contributed by atoms with Crippen LogP contribution in [0.2, 0.25) is 0 Å². The molecule has 0 spiro atoms. The van der Waals surface area contributed by atoms with Crippen molar-refractivity contribution in [1.29, 1.82) is 0 Å². The maximum absolute atomic E-state index is 13.1. The molecule has 3 aromatic rings. The number of carbonyl (C=O) groups excluding carboxylic acids is 3. The van der Waals surface area contributed by atoms with E-state index in [4.69, 9.17) is 9.15 Å². The Bertz CT molecular complexity index is 1280. The van der Waals surface area contributed by atoms with E-state index in [1.807, 2.05) is 0 Å². The number of aromatic hydroxyl groups is 4. The smallest absolute Gasteiger partial charge is 0.308 e. The van der Waals surface area contributed by atoms with Crippen LogP contribution in [0.5, 0.6) is 23.0 Å². The van der Waals surface area contributed by atoms with Gasteiger partial charge < -0.3 is 29.6 Å². The molecule has 0 saturated heterocycles. The van der Waals surface area contributed by atoms with Crippen LogP contribution < -0.4 is 0 Å². The number of ketones is 2. The first kappa shape index (κ1) is 18.1. The summed E-state index contributed by atoms with van der Waals surface area (Å²) in [5.74, 6) is -5.57. The van der Waals surface area contributed by atoms with Gasteiger partial charge in [-0.2, -0.15) is 0 Å². The molecular formula is C20H12O9. The van der Waals surface area contributed by atoms with Gasteiger partial charge in [-0.15, -0.1) is 0 Å². The Morgan fingerprint density at radius 3 is 2.21 bits per heavy atom. The Balaban J connectivity index is 2.02. The lowest BCUT2D eigenvalue weighted by Gasteiger charge is -2.17. The molecule has 0 fully saturated rings. The lowest BCUT2D eigenvalue weighted by molar-refractivity contribution is -0.136. The Morgan fingerprint density at radius 1 is 0.897 bits per heavy atom. The first-order valence-corrected chi connectivity index (χ1v) is 8.22.